The van der Waals surface area contributed by atoms with Gasteiger partial charge in [0, 0.05) is 25.1 Å². The molecule has 0 fully saturated rings. The second-order valence-electron chi connectivity index (χ2n) is 4.46. The molecule has 3 N–H and O–H groups in total. The molecule has 0 heterocycles. The summed E-state index contributed by atoms with van der Waals surface area (Å²) in [4.78, 5) is 22.0. The van der Waals surface area contributed by atoms with Crippen LogP contribution in [-0.2, 0) is 9.59 Å². The first-order chi connectivity index (χ1) is 9.45. The fraction of sp³-hybridized carbons (Fsp3) is 0.429. The van der Waals surface area contributed by atoms with E-state index in [-0.39, 0.29) is 18.5 Å². The molecule has 0 aromatic heterocycles. The van der Waals surface area contributed by atoms with Crippen molar-refractivity contribution in [3.63, 3.8) is 0 Å². The van der Waals surface area contributed by atoms with Gasteiger partial charge in [-0.15, -0.1) is 0 Å². The van der Waals surface area contributed by atoms with Gasteiger partial charge in [-0.2, -0.15) is 0 Å². The maximum absolute atomic E-state index is 11.0. The summed E-state index contributed by atoms with van der Waals surface area (Å²) in [6, 6.07) is 6.46. The van der Waals surface area contributed by atoms with Crippen LogP contribution in [0.2, 0.25) is 0 Å². The lowest BCUT2D eigenvalue weighted by molar-refractivity contribution is -0.141. The van der Waals surface area contributed by atoms with Crippen molar-refractivity contribution in [1.29, 1.82) is 0 Å². The number of ether oxygens (including phenoxy) is 1. The number of amides is 1. The van der Waals surface area contributed by atoms with E-state index in [9.17, 15) is 9.59 Å². The molecule has 0 aliphatic carbocycles. The fourth-order valence-electron chi connectivity index (χ4n) is 1.87. The molecule has 20 heavy (non-hydrogen) atoms. The number of benzene rings is 1. The van der Waals surface area contributed by atoms with E-state index in [2.05, 4.69) is 10.6 Å². The number of rotatable bonds is 7. The zero-order valence-corrected chi connectivity index (χ0v) is 11.8. The lowest BCUT2D eigenvalue weighted by Gasteiger charge is -2.20. The van der Waals surface area contributed by atoms with Gasteiger partial charge in [-0.05, 0) is 13.0 Å². The normalized spacial score (nSPS) is 13.3. The zero-order valence-electron chi connectivity index (χ0n) is 11.8. The summed E-state index contributed by atoms with van der Waals surface area (Å²) in [6.45, 7) is 3.33. The summed E-state index contributed by atoms with van der Waals surface area (Å²) in [5, 5.41) is 14.5. The SMILES string of the molecule is COc1ccccc1[C@H](C)NCC(NC(C)=O)C(=O)O. The molecule has 1 aromatic rings. The number of carbonyl (C=O) groups is 2. The molecule has 6 nitrogen and oxygen atoms in total. The van der Waals surface area contributed by atoms with Crippen LogP contribution >= 0.6 is 0 Å². The molecule has 0 radical (unpaired) electrons. The second kappa shape index (κ2) is 7.49. The maximum atomic E-state index is 11.0. The predicted octanol–water partition coefficient (Wildman–Crippen LogP) is 0.935. The lowest BCUT2D eigenvalue weighted by Crippen LogP contribution is -2.46. The molecule has 0 aliphatic heterocycles. The molecule has 110 valence electrons. The van der Waals surface area contributed by atoms with Gasteiger partial charge in [-0.25, -0.2) is 4.79 Å². The van der Waals surface area contributed by atoms with E-state index in [0.29, 0.717) is 0 Å². The van der Waals surface area contributed by atoms with Gasteiger partial charge in [-0.1, -0.05) is 18.2 Å². The molecule has 1 unspecified atom stereocenters. The number of hydrogen-bond acceptors (Lipinski definition) is 4. The molecule has 1 aromatic carbocycles. The average molecular weight is 280 g/mol. The Balaban J connectivity index is 2.67. The second-order valence-corrected chi connectivity index (χ2v) is 4.46. The van der Waals surface area contributed by atoms with Gasteiger partial charge in [-0.3, -0.25) is 4.79 Å². The van der Waals surface area contributed by atoms with Gasteiger partial charge in [0.1, 0.15) is 11.8 Å². The molecule has 0 bridgehead atoms. The van der Waals surface area contributed by atoms with Gasteiger partial charge in [0.05, 0.1) is 7.11 Å². The fourth-order valence-corrected chi connectivity index (χ4v) is 1.87. The Labute approximate surface area is 118 Å². The summed E-state index contributed by atoms with van der Waals surface area (Å²) in [6.07, 6.45) is 0. The molecule has 1 rings (SSSR count). The Morgan fingerprint density at radius 1 is 1.35 bits per heavy atom. The summed E-state index contributed by atoms with van der Waals surface area (Å²) in [5.74, 6) is -0.706. The number of carboxylic acid groups (broad SMARTS) is 1. The van der Waals surface area contributed by atoms with Gasteiger partial charge in [0.2, 0.25) is 5.91 Å². The van der Waals surface area contributed by atoms with E-state index in [1.54, 1.807) is 7.11 Å². The molecular weight excluding hydrogens is 260 g/mol. The van der Waals surface area contributed by atoms with Crippen LogP contribution in [0, 0.1) is 0 Å². The highest BCUT2D eigenvalue weighted by Crippen LogP contribution is 2.24. The number of carboxylic acids is 1. The zero-order chi connectivity index (χ0) is 15.1. The monoisotopic (exact) mass is 280 g/mol. The Bertz CT molecular complexity index is 476. The minimum Gasteiger partial charge on any atom is -0.496 e. The lowest BCUT2D eigenvalue weighted by atomic mass is 10.1. The Hall–Kier alpha value is -2.08. The van der Waals surface area contributed by atoms with Crippen molar-refractivity contribution in [2.45, 2.75) is 25.9 Å². The van der Waals surface area contributed by atoms with E-state index >= 15 is 0 Å². The third-order valence-electron chi connectivity index (χ3n) is 2.91. The van der Waals surface area contributed by atoms with Crippen LogP contribution in [0.15, 0.2) is 24.3 Å². The Kier molecular flexibility index (Phi) is 5.99. The van der Waals surface area contributed by atoms with E-state index < -0.39 is 12.0 Å². The maximum Gasteiger partial charge on any atom is 0.327 e. The molecule has 0 aliphatic rings. The van der Waals surface area contributed by atoms with Crippen molar-refractivity contribution in [3.05, 3.63) is 29.8 Å². The largest absolute Gasteiger partial charge is 0.496 e. The van der Waals surface area contributed by atoms with E-state index in [1.807, 2.05) is 31.2 Å². The quantitative estimate of drug-likeness (QED) is 0.691. The summed E-state index contributed by atoms with van der Waals surface area (Å²) in [7, 11) is 1.59. The molecule has 6 heteroatoms. The number of carbonyl (C=O) groups excluding carboxylic acids is 1. The third-order valence-corrected chi connectivity index (χ3v) is 2.91. The Morgan fingerprint density at radius 2 is 2.00 bits per heavy atom. The van der Waals surface area contributed by atoms with E-state index in [1.165, 1.54) is 6.92 Å². The number of aliphatic carboxylic acids is 1. The Morgan fingerprint density at radius 3 is 2.55 bits per heavy atom. The smallest absolute Gasteiger partial charge is 0.327 e. The van der Waals surface area contributed by atoms with Crippen LogP contribution in [0.3, 0.4) is 0 Å². The molecular formula is C14H20N2O4. The summed E-state index contributed by atoms with van der Waals surface area (Å²) >= 11 is 0. The van der Waals surface area contributed by atoms with Crippen LogP contribution in [0.5, 0.6) is 5.75 Å². The molecule has 0 saturated carbocycles. The third kappa shape index (κ3) is 4.55. The molecule has 0 saturated heterocycles. The minimum absolute atomic E-state index is 0.0956. The van der Waals surface area contributed by atoms with Crippen LogP contribution in [0.1, 0.15) is 25.5 Å². The summed E-state index contributed by atoms with van der Waals surface area (Å²) in [5.41, 5.74) is 0.932. The number of nitrogens with one attached hydrogen (secondary N) is 2. The van der Waals surface area contributed by atoms with Crippen LogP contribution < -0.4 is 15.4 Å². The first-order valence-electron chi connectivity index (χ1n) is 6.32. The van der Waals surface area contributed by atoms with Crippen molar-refractivity contribution < 1.29 is 19.4 Å². The van der Waals surface area contributed by atoms with E-state index in [0.717, 1.165) is 11.3 Å². The van der Waals surface area contributed by atoms with Crippen LogP contribution in [0.25, 0.3) is 0 Å². The standard InChI is InChI=1S/C14H20N2O4/c1-9(11-6-4-5-7-13(11)20-3)15-8-12(14(18)19)16-10(2)17/h4-7,9,12,15H,8H2,1-3H3,(H,16,17)(H,18,19)/t9-,12?/m0/s1. The molecule has 0 spiro atoms. The van der Waals surface area contributed by atoms with Gasteiger partial charge in [0.25, 0.3) is 0 Å². The van der Waals surface area contributed by atoms with Crippen molar-refractivity contribution in [2.75, 3.05) is 13.7 Å². The predicted molar refractivity (Wildman–Crippen MR) is 74.7 cm³/mol. The summed E-state index contributed by atoms with van der Waals surface area (Å²) < 4.78 is 5.26. The van der Waals surface area contributed by atoms with Gasteiger partial charge < -0.3 is 20.5 Å². The van der Waals surface area contributed by atoms with Crippen molar-refractivity contribution in [3.8, 4) is 5.75 Å². The topological polar surface area (TPSA) is 87.7 Å². The first kappa shape index (κ1) is 16.0. The molecule has 2 atom stereocenters. The minimum atomic E-state index is -1.07. The highest BCUT2D eigenvalue weighted by molar-refractivity contribution is 5.82. The molecule has 1 amide bonds. The van der Waals surface area contributed by atoms with E-state index in [4.69, 9.17) is 9.84 Å². The van der Waals surface area contributed by atoms with Crippen molar-refractivity contribution in [1.82, 2.24) is 10.6 Å². The number of hydrogen-bond donors (Lipinski definition) is 3. The van der Waals surface area contributed by atoms with Gasteiger partial charge in [0.15, 0.2) is 0 Å². The number of para-hydroxylation sites is 1. The highest BCUT2D eigenvalue weighted by atomic mass is 16.5. The highest BCUT2D eigenvalue weighted by Gasteiger charge is 2.20. The average Bonchev–Trinajstić information content (AvgIpc) is 2.42. The van der Waals surface area contributed by atoms with Crippen molar-refractivity contribution in [2.24, 2.45) is 0 Å². The van der Waals surface area contributed by atoms with Crippen LogP contribution in [-0.4, -0.2) is 36.7 Å². The number of methoxy groups -OCH3 is 1. The first-order valence-corrected chi connectivity index (χ1v) is 6.32. The van der Waals surface area contributed by atoms with Crippen LogP contribution in [0.4, 0.5) is 0 Å². The van der Waals surface area contributed by atoms with Crippen molar-refractivity contribution >= 4 is 11.9 Å². The van der Waals surface area contributed by atoms with Gasteiger partial charge >= 0.3 is 5.97 Å².